The molecule has 1 aromatic carbocycles. The Balaban J connectivity index is 1.57. The van der Waals surface area contributed by atoms with Crippen molar-refractivity contribution in [3.8, 4) is 5.75 Å². The van der Waals surface area contributed by atoms with Gasteiger partial charge in [-0.15, -0.1) is 11.8 Å². The van der Waals surface area contributed by atoms with Crippen LogP contribution < -0.4 is 4.74 Å². The van der Waals surface area contributed by atoms with E-state index in [2.05, 4.69) is 36.3 Å². The van der Waals surface area contributed by atoms with Crippen molar-refractivity contribution in [3.63, 3.8) is 0 Å². The van der Waals surface area contributed by atoms with Crippen LogP contribution in [-0.4, -0.2) is 21.6 Å². The lowest BCUT2D eigenvalue weighted by molar-refractivity contribution is 0.317. The maximum Gasteiger partial charge on any atom is 0.157 e. The molecule has 3 nitrogen and oxygen atoms in total. The molecular weight excluding hydrogens is 244 g/mol. The fourth-order valence-corrected chi connectivity index (χ4v) is 3.35. The molecule has 0 radical (unpaired) electrons. The van der Waals surface area contributed by atoms with Crippen LogP contribution in [0.5, 0.6) is 5.75 Å². The van der Waals surface area contributed by atoms with Crippen molar-refractivity contribution in [2.24, 2.45) is 0 Å². The van der Waals surface area contributed by atoms with Gasteiger partial charge in [0.05, 0.1) is 12.4 Å². The Morgan fingerprint density at radius 2 is 2.33 bits per heavy atom. The van der Waals surface area contributed by atoms with Crippen molar-refractivity contribution >= 4 is 11.8 Å². The fourth-order valence-electron chi connectivity index (χ4n) is 2.13. The first kappa shape index (κ1) is 11.7. The van der Waals surface area contributed by atoms with E-state index in [1.807, 2.05) is 22.6 Å². The van der Waals surface area contributed by atoms with Crippen LogP contribution in [0.3, 0.4) is 0 Å². The fraction of sp³-hybridized carbons (Fsp3) is 0.357. The van der Waals surface area contributed by atoms with Gasteiger partial charge >= 0.3 is 0 Å². The monoisotopic (exact) mass is 260 g/mol. The van der Waals surface area contributed by atoms with Gasteiger partial charge in [-0.05, 0) is 25.0 Å². The van der Waals surface area contributed by atoms with Crippen molar-refractivity contribution in [1.82, 2.24) is 9.78 Å². The van der Waals surface area contributed by atoms with Gasteiger partial charge in [0.2, 0.25) is 0 Å². The van der Waals surface area contributed by atoms with E-state index in [-0.39, 0.29) is 0 Å². The SMILES string of the molecule is CCn1cc(OCC2Cc3ccccc3S2)cn1. The Kier molecular flexibility index (Phi) is 3.28. The smallest absolute Gasteiger partial charge is 0.157 e. The molecule has 0 fully saturated rings. The van der Waals surface area contributed by atoms with Crippen LogP contribution >= 0.6 is 11.8 Å². The Morgan fingerprint density at radius 1 is 1.44 bits per heavy atom. The average molecular weight is 260 g/mol. The molecule has 0 bridgehead atoms. The van der Waals surface area contributed by atoms with Gasteiger partial charge < -0.3 is 4.74 Å². The number of nitrogens with zero attached hydrogens (tertiary/aromatic N) is 2. The maximum absolute atomic E-state index is 5.80. The predicted octanol–water partition coefficient (Wildman–Crippen LogP) is 3.00. The summed E-state index contributed by atoms with van der Waals surface area (Å²) in [5, 5.41) is 4.72. The lowest BCUT2D eigenvalue weighted by atomic mass is 10.1. The van der Waals surface area contributed by atoms with Gasteiger partial charge in [-0.25, -0.2) is 0 Å². The highest BCUT2D eigenvalue weighted by Crippen LogP contribution is 2.36. The number of rotatable bonds is 4. The summed E-state index contributed by atoms with van der Waals surface area (Å²) < 4.78 is 7.68. The number of fused-ring (bicyclic) bond motifs is 1. The largest absolute Gasteiger partial charge is 0.489 e. The minimum Gasteiger partial charge on any atom is -0.489 e. The zero-order valence-corrected chi connectivity index (χ0v) is 11.2. The van der Waals surface area contributed by atoms with Gasteiger partial charge in [-0.2, -0.15) is 5.10 Å². The molecule has 18 heavy (non-hydrogen) atoms. The van der Waals surface area contributed by atoms with E-state index in [4.69, 9.17) is 4.74 Å². The van der Waals surface area contributed by atoms with Gasteiger partial charge in [-0.1, -0.05) is 18.2 Å². The molecule has 1 aromatic heterocycles. The van der Waals surface area contributed by atoms with E-state index < -0.39 is 0 Å². The van der Waals surface area contributed by atoms with Crippen molar-refractivity contribution in [3.05, 3.63) is 42.2 Å². The van der Waals surface area contributed by atoms with Crippen LogP contribution in [0.1, 0.15) is 12.5 Å². The highest BCUT2D eigenvalue weighted by molar-refractivity contribution is 8.00. The molecule has 0 spiro atoms. The average Bonchev–Trinajstić information content (AvgIpc) is 3.02. The predicted molar refractivity (Wildman–Crippen MR) is 73.2 cm³/mol. The van der Waals surface area contributed by atoms with Crippen molar-refractivity contribution < 1.29 is 4.74 Å². The summed E-state index contributed by atoms with van der Waals surface area (Å²) in [6, 6.07) is 8.60. The molecule has 2 heterocycles. The Hall–Kier alpha value is -1.42. The summed E-state index contributed by atoms with van der Waals surface area (Å²) in [5.74, 6) is 0.869. The summed E-state index contributed by atoms with van der Waals surface area (Å²) in [5.41, 5.74) is 1.44. The molecule has 0 aliphatic carbocycles. The van der Waals surface area contributed by atoms with Crippen LogP contribution in [0.25, 0.3) is 0 Å². The van der Waals surface area contributed by atoms with E-state index in [0.29, 0.717) is 5.25 Å². The Morgan fingerprint density at radius 3 is 3.11 bits per heavy atom. The van der Waals surface area contributed by atoms with Gasteiger partial charge in [-0.3, -0.25) is 4.68 Å². The number of hydrogen-bond acceptors (Lipinski definition) is 3. The Bertz CT molecular complexity index is 513. The third-order valence-electron chi connectivity index (χ3n) is 3.08. The number of thioether (sulfide) groups is 1. The van der Waals surface area contributed by atoms with Crippen molar-refractivity contribution in [2.75, 3.05) is 6.61 Å². The summed E-state index contributed by atoms with van der Waals surface area (Å²) in [6.07, 6.45) is 4.84. The second-order valence-corrected chi connectivity index (χ2v) is 5.74. The van der Waals surface area contributed by atoms with Crippen LogP contribution in [0, 0.1) is 0 Å². The lowest BCUT2D eigenvalue weighted by Crippen LogP contribution is -2.13. The van der Waals surface area contributed by atoms with Crippen molar-refractivity contribution in [2.45, 2.75) is 30.0 Å². The molecule has 0 amide bonds. The van der Waals surface area contributed by atoms with E-state index in [1.54, 1.807) is 6.20 Å². The molecular formula is C14H16N2OS. The lowest BCUT2D eigenvalue weighted by Gasteiger charge is -2.08. The van der Waals surface area contributed by atoms with Gasteiger partial charge in [0.15, 0.2) is 5.75 Å². The topological polar surface area (TPSA) is 27.1 Å². The van der Waals surface area contributed by atoms with Crippen molar-refractivity contribution in [1.29, 1.82) is 0 Å². The number of hydrogen-bond donors (Lipinski definition) is 0. The number of ether oxygens (including phenoxy) is 1. The molecule has 0 saturated carbocycles. The van der Waals surface area contributed by atoms with Gasteiger partial charge in [0.1, 0.15) is 6.61 Å². The van der Waals surface area contributed by atoms with Gasteiger partial charge in [0.25, 0.3) is 0 Å². The highest BCUT2D eigenvalue weighted by atomic mass is 32.2. The molecule has 94 valence electrons. The number of aromatic nitrogens is 2. The zero-order chi connectivity index (χ0) is 12.4. The molecule has 1 atom stereocenters. The standard InChI is InChI=1S/C14H16N2OS/c1-2-16-9-12(8-15-16)17-10-13-7-11-5-3-4-6-14(11)18-13/h3-6,8-9,13H,2,7,10H2,1H3. The van der Waals surface area contributed by atoms with E-state index in [9.17, 15) is 0 Å². The van der Waals surface area contributed by atoms with Crippen LogP contribution in [-0.2, 0) is 13.0 Å². The first-order chi connectivity index (χ1) is 8.85. The molecule has 3 rings (SSSR count). The normalized spacial score (nSPS) is 17.7. The summed E-state index contributed by atoms with van der Waals surface area (Å²) in [7, 11) is 0. The van der Waals surface area contributed by atoms with Crippen LogP contribution in [0.15, 0.2) is 41.6 Å². The first-order valence-electron chi connectivity index (χ1n) is 6.25. The van der Waals surface area contributed by atoms with Crippen LogP contribution in [0.2, 0.25) is 0 Å². The molecule has 0 N–H and O–H groups in total. The highest BCUT2D eigenvalue weighted by Gasteiger charge is 2.22. The zero-order valence-electron chi connectivity index (χ0n) is 10.4. The summed E-state index contributed by atoms with van der Waals surface area (Å²) >= 11 is 1.92. The molecule has 2 aromatic rings. The Labute approximate surface area is 111 Å². The van der Waals surface area contributed by atoms with E-state index >= 15 is 0 Å². The second-order valence-electron chi connectivity index (χ2n) is 4.39. The maximum atomic E-state index is 5.80. The summed E-state index contributed by atoms with van der Waals surface area (Å²) in [4.78, 5) is 1.40. The number of aryl methyl sites for hydroxylation is 1. The minimum atomic E-state index is 0.521. The van der Waals surface area contributed by atoms with E-state index in [1.165, 1.54) is 10.5 Å². The van der Waals surface area contributed by atoms with Gasteiger partial charge in [0, 0.05) is 16.7 Å². The minimum absolute atomic E-state index is 0.521. The third-order valence-corrected chi connectivity index (χ3v) is 4.37. The first-order valence-corrected chi connectivity index (χ1v) is 7.13. The third kappa shape index (κ3) is 2.38. The second kappa shape index (κ2) is 5.06. The quantitative estimate of drug-likeness (QED) is 0.845. The van der Waals surface area contributed by atoms with Crippen LogP contribution in [0.4, 0.5) is 0 Å². The summed E-state index contributed by atoms with van der Waals surface area (Å²) in [6.45, 7) is 3.70. The number of benzene rings is 1. The molecule has 1 unspecified atom stereocenters. The molecule has 4 heteroatoms. The molecule has 1 aliphatic rings. The molecule has 0 saturated heterocycles. The van der Waals surface area contributed by atoms with E-state index in [0.717, 1.165) is 25.3 Å². The molecule has 1 aliphatic heterocycles.